The molecule has 1 aromatic carbocycles. The number of benzene rings is 1. The summed E-state index contributed by atoms with van der Waals surface area (Å²) in [6.45, 7) is 0. The highest BCUT2D eigenvalue weighted by atomic mass is 19.4. The van der Waals surface area contributed by atoms with E-state index in [-0.39, 0.29) is 0 Å². The molecule has 2 unspecified atom stereocenters. The third kappa shape index (κ3) is 2.25. The van der Waals surface area contributed by atoms with E-state index >= 15 is 0 Å². The molecular weight excluding hydrogens is 241 g/mol. The summed E-state index contributed by atoms with van der Waals surface area (Å²) in [4.78, 5) is 10.5. The molecule has 0 aliphatic rings. The van der Waals surface area contributed by atoms with E-state index in [1.54, 1.807) is 0 Å². The van der Waals surface area contributed by atoms with Crippen LogP contribution in [0.2, 0.25) is 0 Å². The van der Waals surface area contributed by atoms with Gasteiger partial charge in [0.1, 0.15) is 0 Å². The summed E-state index contributed by atoms with van der Waals surface area (Å²) in [6.07, 6.45) is -8.31. The Bertz CT molecular complexity index is 404. The van der Waals surface area contributed by atoms with Crippen molar-refractivity contribution in [3.05, 3.63) is 35.9 Å². The number of alkyl halides is 3. The fourth-order valence-electron chi connectivity index (χ4n) is 1.35. The number of aliphatic carboxylic acids is 1. The average Bonchev–Trinajstić information content (AvgIpc) is 2.26. The van der Waals surface area contributed by atoms with Crippen LogP contribution >= 0.6 is 0 Å². The molecule has 2 atom stereocenters. The Kier molecular flexibility index (Phi) is 3.44. The number of carboxylic acid groups (broad SMARTS) is 1. The molecule has 0 amide bonds. The molecule has 17 heavy (non-hydrogen) atoms. The second-order valence-electron chi connectivity index (χ2n) is 3.37. The highest BCUT2D eigenvalue weighted by molar-refractivity contribution is 5.74. The molecular formula is C10H9F3O4. The average molecular weight is 250 g/mol. The van der Waals surface area contributed by atoms with Crippen molar-refractivity contribution in [3.63, 3.8) is 0 Å². The summed E-state index contributed by atoms with van der Waals surface area (Å²) in [7, 11) is 0. The van der Waals surface area contributed by atoms with Crippen LogP contribution in [-0.2, 0) is 10.4 Å². The van der Waals surface area contributed by atoms with Gasteiger partial charge in [-0.15, -0.1) is 0 Å². The smallest absolute Gasteiger partial charge is 0.424 e. The fraction of sp³-hybridized carbons (Fsp3) is 0.300. The molecule has 0 saturated carbocycles. The zero-order chi connectivity index (χ0) is 13.3. The highest BCUT2D eigenvalue weighted by Crippen LogP contribution is 2.41. The largest absolute Gasteiger partial charge is 0.479 e. The number of carbonyl (C=O) groups is 1. The van der Waals surface area contributed by atoms with E-state index in [4.69, 9.17) is 10.2 Å². The number of carboxylic acids is 1. The number of rotatable bonds is 3. The Morgan fingerprint density at radius 1 is 1.18 bits per heavy atom. The number of aliphatic hydroxyl groups is 2. The fourth-order valence-corrected chi connectivity index (χ4v) is 1.35. The Balaban J connectivity index is 3.36. The van der Waals surface area contributed by atoms with E-state index in [1.165, 1.54) is 18.2 Å². The van der Waals surface area contributed by atoms with Crippen molar-refractivity contribution in [2.45, 2.75) is 17.9 Å². The molecule has 94 valence electrons. The summed E-state index contributed by atoms with van der Waals surface area (Å²) >= 11 is 0. The van der Waals surface area contributed by atoms with Crippen LogP contribution in [0.1, 0.15) is 5.56 Å². The maximum absolute atomic E-state index is 12.7. The van der Waals surface area contributed by atoms with E-state index in [1.807, 2.05) is 0 Å². The summed E-state index contributed by atoms with van der Waals surface area (Å²) < 4.78 is 38.2. The zero-order valence-electron chi connectivity index (χ0n) is 8.35. The minimum absolute atomic E-state index is 0.734. The van der Waals surface area contributed by atoms with Crippen LogP contribution in [0.5, 0.6) is 0 Å². The number of hydrogen-bond acceptors (Lipinski definition) is 3. The van der Waals surface area contributed by atoms with Crippen molar-refractivity contribution in [1.82, 2.24) is 0 Å². The molecule has 0 spiro atoms. The van der Waals surface area contributed by atoms with Crippen molar-refractivity contribution in [1.29, 1.82) is 0 Å². The molecule has 0 fully saturated rings. The first-order valence-electron chi connectivity index (χ1n) is 4.46. The minimum Gasteiger partial charge on any atom is -0.479 e. The SMILES string of the molecule is O=C(O)C(O)C(O)(c1ccccc1)C(F)(F)F. The molecule has 0 radical (unpaired) electrons. The molecule has 0 aromatic heterocycles. The molecule has 4 nitrogen and oxygen atoms in total. The van der Waals surface area contributed by atoms with Crippen LogP contribution in [0.15, 0.2) is 30.3 Å². The Morgan fingerprint density at radius 3 is 2.00 bits per heavy atom. The summed E-state index contributed by atoms with van der Waals surface area (Å²) in [5, 5.41) is 27.0. The summed E-state index contributed by atoms with van der Waals surface area (Å²) in [6, 6.07) is 5.56. The molecule has 0 aliphatic heterocycles. The summed E-state index contributed by atoms with van der Waals surface area (Å²) in [5.74, 6) is -2.16. The van der Waals surface area contributed by atoms with Gasteiger partial charge in [0.15, 0.2) is 6.10 Å². The molecule has 0 bridgehead atoms. The lowest BCUT2D eigenvalue weighted by atomic mass is 9.87. The molecule has 0 saturated heterocycles. The minimum atomic E-state index is -5.31. The first-order valence-corrected chi connectivity index (χ1v) is 4.46. The van der Waals surface area contributed by atoms with Gasteiger partial charge in [0, 0.05) is 0 Å². The van der Waals surface area contributed by atoms with Crippen LogP contribution in [0.3, 0.4) is 0 Å². The van der Waals surface area contributed by atoms with Gasteiger partial charge in [-0.3, -0.25) is 0 Å². The monoisotopic (exact) mass is 250 g/mol. The number of hydrogen-bond donors (Lipinski definition) is 3. The Morgan fingerprint density at radius 2 is 1.65 bits per heavy atom. The zero-order valence-corrected chi connectivity index (χ0v) is 8.35. The normalized spacial score (nSPS) is 17.2. The number of aliphatic hydroxyl groups excluding tert-OH is 1. The topological polar surface area (TPSA) is 77.8 Å². The lowest BCUT2D eigenvalue weighted by Crippen LogP contribution is -2.54. The summed E-state index contributed by atoms with van der Waals surface area (Å²) in [5.41, 5.74) is -4.57. The van der Waals surface area contributed by atoms with Gasteiger partial charge >= 0.3 is 12.1 Å². The van der Waals surface area contributed by atoms with E-state index in [0.717, 1.165) is 12.1 Å². The third-order valence-corrected chi connectivity index (χ3v) is 2.28. The molecule has 7 heteroatoms. The van der Waals surface area contributed by atoms with Gasteiger partial charge in [0.2, 0.25) is 5.60 Å². The van der Waals surface area contributed by atoms with Crippen LogP contribution in [0, 0.1) is 0 Å². The molecule has 0 heterocycles. The molecule has 3 N–H and O–H groups in total. The van der Waals surface area contributed by atoms with E-state index in [2.05, 4.69) is 0 Å². The third-order valence-electron chi connectivity index (χ3n) is 2.28. The van der Waals surface area contributed by atoms with Crippen molar-refractivity contribution in [3.8, 4) is 0 Å². The van der Waals surface area contributed by atoms with Gasteiger partial charge in [-0.2, -0.15) is 13.2 Å². The van der Waals surface area contributed by atoms with Gasteiger partial charge in [0.05, 0.1) is 0 Å². The van der Waals surface area contributed by atoms with Crippen molar-refractivity contribution in [2.75, 3.05) is 0 Å². The lowest BCUT2D eigenvalue weighted by molar-refractivity contribution is -0.295. The molecule has 1 rings (SSSR count). The van der Waals surface area contributed by atoms with Crippen LogP contribution in [0.4, 0.5) is 13.2 Å². The van der Waals surface area contributed by atoms with Gasteiger partial charge < -0.3 is 15.3 Å². The maximum atomic E-state index is 12.7. The number of halogens is 3. The quantitative estimate of drug-likeness (QED) is 0.744. The predicted octanol–water partition coefficient (Wildman–Crippen LogP) is 0.882. The van der Waals surface area contributed by atoms with Crippen molar-refractivity contribution < 1.29 is 33.3 Å². The van der Waals surface area contributed by atoms with Crippen molar-refractivity contribution in [2.24, 2.45) is 0 Å². The second-order valence-corrected chi connectivity index (χ2v) is 3.37. The highest BCUT2D eigenvalue weighted by Gasteiger charge is 2.62. The maximum Gasteiger partial charge on any atom is 0.424 e. The first kappa shape index (κ1) is 13.5. The van der Waals surface area contributed by atoms with Crippen molar-refractivity contribution >= 4 is 5.97 Å². The predicted molar refractivity (Wildman–Crippen MR) is 50.0 cm³/mol. The van der Waals surface area contributed by atoms with Gasteiger partial charge in [0.25, 0.3) is 0 Å². The second kappa shape index (κ2) is 4.34. The van der Waals surface area contributed by atoms with E-state index < -0.39 is 29.4 Å². The molecule has 0 aliphatic carbocycles. The standard InChI is InChI=1S/C10H9F3O4/c11-10(12,13)9(17,7(14)8(15)16)6-4-2-1-3-5-6/h1-5,7,14,17H,(H,15,16). The van der Waals surface area contributed by atoms with Gasteiger partial charge in [-0.1, -0.05) is 30.3 Å². The first-order chi connectivity index (χ1) is 7.71. The Labute approximate surface area is 93.9 Å². The van der Waals surface area contributed by atoms with Crippen LogP contribution in [0.25, 0.3) is 0 Å². The molecule has 1 aromatic rings. The van der Waals surface area contributed by atoms with Gasteiger partial charge in [-0.05, 0) is 5.56 Å². The van der Waals surface area contributed by atoms with Crippen LogP contribution in [-0.4, -0.2) is 33.6 Å². The lowest BCUT2D eigenvalue weighted by Gasteiger charge is -2.32. The Hall–Kier alpha value is -1.60. The van der Waals surface area contributed by atoms with Gasteiger partial charge in [-0.25, -0.2) is 4.79 Å². The van der Waals surface area contributed by atoms with Crippen LogP contribution < -0.4 is 0 Å². The van der Waals surface area contributed by atoms with E-state index in [0.29, 0.717) is 0 Å². The van der Waals surface area contributed by atoms with E-state index in [9.17, 15) is 23.1 Å².